The number of rotatable bonds is 2. The second kappa shape index (κ2) is 3.26. The summed E-state index contributed by atoms with van der Waals surface area (Å²) in [5.41, 5.74) is 2.13. The van der Waals surface area contributed by atoms with Gasteiger partial charge in [-0.2, -0.15) is 0 Å². The molecular formula is C10H13ClN2. The van der Waals surface area contributed by atoms with E-state index in [1.165, 1.54) is 12.8 Å². The van der Waals surface area contributed by atoms with Gasteiger partial charge in [-0.1, -0.05) is 18.5 Å². The van der Waals surface area contributed by atoms with Crippen molar-refractivity contribution in [3.8, 4) is 0 Å². The highest BCUT2D eigenvalue weighted by Gasteiger charge is 2.27. The molecule has 1 saturated carbocycles. The number of hydrogen-bond acceptors (Lipinski definition) is 2. The SMILES string of the molecule is CCc1c(C)nc(C2CC2)nc1Cl. The lowest BCUT2D eigenvalue weighted by molar-refractivity contribution is 0.878. The van der Waals surface area contributed by atoms with Crippen molar-refractivity contribution in [2.24, 2.45) is 0 Å². The van der Waals surface area contributed by atoms with Crippen LogP contribution in [0.1, 0.15) is 42.8 Å². The number of halogens is 1. The topological polar surface area (TPSA) is 25.8 Å². The van der Waals surface area contributed by atoms with E-state index in [1.54, 1.807) is 0 Å². The molecule has 1 aliphatic carbocycles. The van der Waals surface area contributed by atoms with E-state index in [1.807, 2.05) is 6.92 Å². The Kier molecular flexibility index (Phi) is 2.24. The first-order chi connectivity index (χ1) is 6.22. The Morgan fingerprint density at radius 1 is 1.38 bits per heavy atom. The molecule has 1 fully saturated rings. The zero-order valence-corrected chi connectivity index (χ0v) is 8.73. The molecule has 0 bridgehead atoms. The lowest BCUT2D eigenvalue weighted by atomic mass is 10.2. The van der Waals surface area contributed by atoms with Gasteiger partial charge in [0.2, 0.25) is 0 Å². The molecule has 1 aliphatic rings. The summed E-state index contributed by atoms with van der Waals surface area (Å²) < 4.78 is 0. The normalized spacial score (nSPS) is 16.2. The van der Waals surface area contributed by atoms with Gasteiger partial charge in [0.05, 0.1) is 0 Å². The van der Waals surface area contributed by atoms with E-state index in [4.69, 9.17) is 11.6 Å². The zero-order valence-electron chi connectivity index (χ0n) is 7.97. The summed E-state index contributed by atoms with van der Waals surface area (Å²) in [6.07, 6.45) is 3.36. The Balaban J connectivity index is 2.42. The van der Waals surface area contributed by atoms with E-state index in [2.05, 4.69) is 16.9 Å². The van der Waals surface area contributed by atoms with E-state index < -0.39 is 0 Å². The van der Waals surface area contributed by atoms with Crippen LogP contribution >= 0.6 is 11.6 Å². The Hall–Kier alpha value is -0.630. The minimum Gasteiger partial charge on any atom is -0.238 e. The summed E-state index contributed by atoms with van der Waals surface area (Å²) in [5.74, 6) is 1.53. The highest BCUT2D eigenvalue weighted by atomic mass is 35.5. The predicted octanol–water partition coefficient (Wildman–Crippen LogP) is 2.88. The van der Waals surface area contributed by atoms with Crippen LogP contribution in [0.5, 0.6) is 0 Å². The molecule has 0 N–H and O–H groups in total. The van der Waals surface area contributed by atoms with Gasteiger partial charge in [-0.05, 0) is 26.2 Å². The second-order valence-corrected chi connectivity index (χ2v) is 3.92. The van der Waals surface area contributed by atoms with Gasteiger partial charge in [0, 0.05) is 17.2 Å². The van der Waals surface area contributed by atoms with Gasteiger partial charge < -0.3 is 0 Å². The maximum absolute atomic E-state index is 6.06. The minimum atomic E-state index is 0.585. The Labute approximate surface area is 83.4 Å². The van der Waals surface area contributed by atoms with Crippen LogP contribution in [-0.4, -0.2) is 9.97 Å². The molecule has 0 spiro atoms. The maximum Gasteiger partial charge on any atom is 0.136 e. The molecule has 3 heteroatoms. The third kappa shape index (κ3) is 1.68. The maximum atomic E-state index is 6.06. The van der Waals surface area contributed by atoms with Gasteiger partial charge in [-0.3, -0.25) is 0 Å². The summed E-state index contributed by atoms with van der Waals surface area (Å²) in [7, 11) is 0. The Bertz CT molecular complexity index is 309. The molecule has 1 aromatic heterocycles. The van der Waals surface area contributed by atoms with Crippen molar-refractivity contribution in [1.29, 1.82) is 0 Å². The quantitative estimate of drug-likeness (QED) is 0.680. The summed E-state index contributed by atoms with van der Waals surface area (Å²) in [5, 5.41) is 0.650. The molecule has 0 saturated heterocycles. The van der Waals surface area contributed by atoms with Crippen molar-refractivity contribution in [3.63, 3.8) is 0 Å². The van der Waals surface area contributed by atoms with E-state index in [0.29, 0.717) is 11.1 Å². The molecule has 2 nitrogen and oxygen atoms in total. The van der Waals surface area contributed by atoms with Crippen LogP contribution in [0, 0.1) is 6.92 Å². The lowest BCUT2D eigenvalue weighted by Crippen LogP contribution is -2.01. The molecule has 0 aromatic carbocycles. The van der Waals surface area contributed by atoms with Crippen LogP contribution in [0.15, 0.2) is 0 Å². The smallest absolute Gasteiger partial charge is 0.136 e. The van der Waals surface area contributed by atoms with Crippen LogP contribution in [0.25, 0.3) is 0 Å². The largest absolute Gasteiger partial charge is 0.238 e. The first kappa shape index (κ1) is 8.95. The van der Waals surface area contributed by atoms with Crippen molar-refractivity contribution >= 4 is 11.6 Å². The van der Waals surface area contributed by atoms with Gasteiger partial charge in [0.1, 0.15) is 11.0 Å². The van der Waals surface area contributed by atoms with E-state index >= 15 is 0 Å². The van der Waals surface area contributed by atoms with Crippen LogP contribution in [0.3, 0.4) is 0 Å². The monoisotopic (exact) mass is 196 g/mol. The molecular weight excluding hydrogens is 184 g/mol. The Morgan fingerprint density at radius 2 is 2.08 bits per heavy atom. The van der Waals surface area contributed by atoms with Crippen LogP contribution < -0.4 is 0 Å². The van der Waals surface area contributed by atoms with Crippen molar-refractivity contribution < 1.29 is 0 Å². The highest BCUT2D eigenvalue weighted by Crippen LogP contribution is 2.38. The van der Waals surface area contributed by atoms with Gasteiger partial charge in [0.15, 0.2) is 0 Å². The van der Waals surface area contributed by atoms with Crippen LogP contribution in [0.4, 0.5) is 0 Å². The van der Waals surface area contributed by atoms with E-state index in [-0.39, 0.29) is 0 Å². The summed E-state index contributed by atoms with van der Waals surface area (Å²) >= 11 is 6.06. The lowest BCUT2D eigenvalue weighted by Gasteiger charge is -2.06. The number of aromatic nitrogens is 2. The highest BCUT2D eigenvalue weighted by molar-refractivity contribution is 6.30. The third-order valence-electron chi connectivity index (χ3n) is 2.48. The minimum absolute atomic E-state index is 0.585. The van der Waals surface area contributed by atoms with Crippen molar-refractivity contribution in [2.45, 2.75) is 39.0 Å². The molecule has 1 heterocycles. The van der Waals surface area contributed by atoms with E-state index in [0.717, 1.165) is 23.5 Å². The molecule has 1 aromatic rings. The Morgan fingerprint density at radius 3 is 2.54 bits per heavy atom. The molecule has 0 atom stereocenters. The molecule has 2 rings (SSSR count). The first-order valence-corrected chi connectivity index (χ1v) is 5.13. The second-order valence-electron chi connectivity index (χ2n) is 3.56. The fraction of sp³-hybridized carbons (Fsp3) is 0.600. The number of hydrogen-bond donors (Lipinski definition) is 0. The summed E-state index contributed by atoms with van der Waals surface area (Å²) in [4.78, 5) is 8.79. The predicted molar refractivity (Wildman–Crippen MR) is 53.1 cm³/mol. The molecule has 0 radical (unpaired) electrons. The molecule has 70 valence electrons. The van der Waals surface area contributed by atoms with Crippen LogP contribution in [0.2, 0.25) is 5.15 Å². The number of nitrogens with zero attached hydrogens (tertiary/aromatic N) is 2. The van der Waals surface area contributed by atoms with Gasteiger partial charge >= 0.3 is 0 Å². The van der Waals surface area contributed by atoms with Gasteiger partial charge in [-0.25, -0.2) is 9.97 Å². The van der Waals surface area contributed by atoms with E-state index in [9.17, 15) is 0 Å². The van der Waals surface area contributed by atoms with Crippen molar-refractivity contribution in [2.75, 3.05) is 0 Å². The van der Waals surface area contributed by atoms with Crippen molar-refractivity contribution in [3.05, 3.63) is 22.2 Å². The molecule has 0 amide bonds. The third-order valence-corrected chi connectivity index (χ3v) is 2.79. The summed E-state index contributed by atoms with van der Waals surface area (Å²) in [6.45, 7) is 4.09. The number of aryl methyl sites for hydroxylation is 1. The standard InChI is InChI=1S/C10H13ClN2/c1-3-8-6(2)12-10(7-4-5-7)13-9(8)11/h7H,3-5H2,1-2H3. The van der Waals surface area contributed by atoms with Crippen molar-refractivity contribution in [1.82, 2.24) is 9.97 Å². The molecule has 0 aliphatic heterocycles. The average Bonchev–Trinajstić information content (AvgIpc) is 2.85. The molecule has 13 heavy (non-hydrogen) atoms. The summed E-state index contributed by atoms with van der Waals surface area (Å²) in [6, 6.07) is 0. The van der Waals surface area contributed by atoms with Crippen LogP contribution in [-0.2, 0) is 6.42 Å². The van der Waals surface area contributed by atoms with Gasteiger partial charge in [-0.15, -0.1) is 0 Å². The van der Waals surface area contributed by atoms with Gasteiger partial charge in [0.25, 0.3) is 0 Å². The fourth-order valence-electron chi connectivity index (χ4n) is 1.51. The first-order valence-electron chi connectivity index (χ1n) is 4.75. The zero-order chi connectivity index (χ0) is 9.42. The molecule has 0 unspecified atom stereocenters. The fourth-order valence-corrected chi connectivity index (χ4v) is 1.86. The average molecular weight is 197 g/mol.